The maximum absolute atomic E-state index is 10.6. The van der Waals surface area contributed by atoms with Gasteiger partial charge in [0, 0.05) is 6.54 Å². The van der Waals surface area contributed by atoms with Crippen LogP contribution in [-0.2, 0) is 17.8 Å². The number of carbonyl (C=O) groups is 1. The molecule has 0 bridgehead atoms. The second kappa shape index (κ2) is 7.44. The van der Waals surface area contributed by atoms with Gasteiger partial charge < -0.3 is 5.11 Å². The van der Waals surface area contributed by atoms with Crippen LogP contribution in [0.5, 0.6) is 0 Å². The van der Waals surface area contributed by atoms with Gasteiger partial charge in [-0.2, -0.15) is 0 Å². The van der Waals surface area contributed by atoms with Crippen LogP contribution in [0.15, 0.2) is 24.3 Å². The van der Waals surface area contributed by atoms with Crippen molar-refractivity contribution in [3.05, 3.63) is 35.4 Å². The predicted molar refractivity (Wildman–Crippen MR) is 80.7 cm³/mol. The van der Waals surface area contributed by atoms with Gasteiger partial charge in [-0.15, -0.1) is 0 Å². The zero-order valence-electron chi connectivity index (χ0n) is 12.3. The molecule has 0 atom stereocenters. The van der Waals surface area contributed by atoms with Gasteiger partial charge in [0.25, 0.3) is 0 Å². The largest absolute Gasteiger partial charge is 0.481 e. The predicted octanol–water partition coefficient (Wildman–Crippen LogP) is 3.33. The first-order chi connectivity index (χ1) is 9.67. The third-order valence-electron chi connectivity index (χ3n) is 4.19. The molecule has 0 spiro atoms. The van der Waals surface area contributed by atoms with Crippen LogP contribution in [0, 0.1) is 5.92 Å². The van der Waals surface area contributed by atoms with Crippen LogP contribution in [0.2, 0.25) is 0 Å². The second-order valence-corrected chi connectivity index (χ2v) is 5.90. The molecule has 3 nitrogen and oxygen atoms in total. The molecular weight excluding hydrogens is 250 g/mol. The van der Waals surface area contributed by atoms with E-state index in [-0.39, 0.29) is 6.42 Å². The number of carboxylic acids is 1. The molecule has 0 radical (unpaired) electrons. The van der Waals surface area contributed by atoms with E-state index in [0.29, 0.717) is 0 Å². The minimum absolute atomic E-state index is 0.114. The maximum atomic E-state index is 10.6. The van der Waals surface area contributed by atoms with Crippen molar-refractivity contribution in [2.45, 2.75) is 45.6 Å². The highest BCUT2D eigenvalue weighted by Gasteiger charge is 2.18. The Bertz CT molecular complexity index is 419. The van der Waals surface area contributed by atoms with Crippen molar-refractivity contribution in [1.82, 2.24) is 4.90 Å². The lowest BCUT2D eigenvalue weighted by Crippen LogP contribution is -2.33. The Morgan fingerprint density at radius 1 is 1.20 bits per heavy atom. The third-order valence-corrected chi connectivity index (χ3v) is 4.19. The summed E-state index contributed by atoms with van der Waals surface area (Å²) in [7, 11) is 0. The summed E-state index contributed by atoms with van der Waals surface area (Å²) < 4.78 is 0. The molecule has 1 N–H and O–H groups in total. The average Bonchev–Trinajstić information content (AvgIpc) is 2.43. The first-order valence-electron chi connectivity index (χ1n) is 7.69. The SMILES string of the molecule is CCCC1CCN(Cc2ccc(CC(=O)O)cc2)CC1. The lowest BCUT2D eigenvalue weighted by Gasteiger charge is -2.31. The molecule has 1 fully saturated rings. The molecular formula is C17H25NO2. The molecule has 20 heavy (non-hydrogen) atoms. The Labute approximate surface area is 121 Å². The number of benzene rings is 1. The van der Waals surface area contributed by atoms with E-state index in [1.807, 2.05) is 12.1 Å². The van der Waals surface area contributed by atoms with E-state index < -0.39 is 5.97 Å². The number of hydrogen-bond donors (Lipinski definition) is 1. The molecule has 0 saturated carbocycles. The van der Waals surface area contributed by atoms with E-state index in [4.69, 9.17) is 5.11 Å². The summed E-state index contributed by atoms with van der Waals surface area (Å²) in [6.07, 6.45) is 5.44. The van der Waals surface area contributed by atoms with Gasteiger partial charge in [0.2, 0.25) is 0 Å². The fraction of sp³-hybridized carbons (Fsp3) is 0.588. The number of aliphatic carboxylic acids is 1. The van der Waals surface area contributed by atoms with Crippen LogP contribution in [0.4, 0.5) is 0 Å². The minimum Gasteiger partial charge on any atom is -0.481 e. The Hall–Kier alpha value is -1.35. The number of likely N-dealkylation sites (tertiary alicyclic amines) is 1. The lowest BCUT2D eigenvalue weighted by atomic mass is 9.92. The zero-order valence-corrected chi connectivity index (χ0v) is 12.3. The summed E-state index contributed by atoms with van der Waals surface area (Å²) in [6.45, 7) is 5.65. The molecule has 0 amide bonds. The number of rotatable bonds is 6. The van der Waals surface area contributed by atoms with E-state index >= 15 is 0 Å². The van der Waals surface area contributed by atoms with E-state index in [1.165, 1.54) is 44.3 Å². The summed E-state index contributed by atoms with van der Waals surface area (Å²) in [6, 6.07) is 8.01. The van der Waals surface area contributed by atoms with Crippen LogP contribution in [0.1, 0.15) is 43.7 Å². The highest BCUT2D eigenvalue weighted by molar-refractivity contribution is 5.70. The van der Waals surface area contributed by atoms with Gasteiger partial charge in [-0.25, -0.2) is 0 Å². The van der Waals surface area contributed by atoms with E-state index in [9.17, 15) is 4.79 Å². The van der Waals surface area contributed by atoms with E-state index in [2.05, 4.69) is 24.0 Å². The van der Waals surface area contributed by atoms with Crippen LogP contribution < -0.4 is 0 Å². The highest BCUT2D eigenvalue weighted by atomic mass is 16.4. The van der Waals surface area contributed by atoms with Crippen molar-refractivity contribution in [3.63, 3.8) is 0 Å². The zero-order chi connectivity index (χ0) is 14.4. The number of carboxylic acid groups (broad SMARTS) is 1. The minimum atomic E-state index is -0.768. The van der Waals surface area contributed by atoms with Gasteiger partial charge >= 0.3 is 5.97 Å². The molecule has 2 rings (SSSR count). The van der Waals surface area contributed by atoms with Crippen LogP contribution in [-0.4, -0.2) is 29.1 Å². The Morgan fingerprint density at radius 3 is 2.35 bits per heavy atom. The third kappa shape index (κ3) is 4.64. The van der Waals surface area contributed by atoms with Crippen molar-refractivity contribution in [1.29, 1.82) is 0 Å². The average molecular weight is 275 g/mol. The molecule has 1 aromatic rings. The Kier molecular flexibility index (Phi) is 5.60. The number of hydrogen-bond acceptors (Lipinski definition) is 2. The first kappa shape index (κ1) is 15.0. The summed E-state index contributed by atoms with van der Waals surface area (Å²) in [5.41, 5.74) is 2.16. The van der Waals surface area contributed by atoms with Crippen LogP contribution >= 0.6 is 0 Å². The van der Waals surface area contributed by atoms with Gasteiger partial charge in [0.05, 0.1) is 6.42 Å². The van der Waals surface area contributed by atoms with Gasteiger partial charge in [-0.05, 0) is 43.0 Å². The summed E-state index contributed by atoms with van der Waals surface area (Å²) in [4.78, 5) is 13.2. The molecule has 0 unspecified atom stereocenters. The fourth-order valence-corrected chi connectivity index (χ4v) is 3.04. The summed E-state index contributed by atoms with van der Waals surface area (Å²) in [5, 5.41) is 8.76. The van der Waals surface area contributed by atoms with Crippen molar-refractivity contribution >= 4 is 5.97 Å². The molecule has 1 saturated heterocycles. The number of piperidine rings is 1. The molecule has 0 aromatic heterocycles. The van der Waals surface area contributed by atoms with Crippen molar-refractivity contribution in [2.24, 2.45) is 5.92 Å². The fourth-order valence-electron chi connectivity index (χ4n) is 3.04. The topological polar surface area (TPSA) is 40.5 Å². The van der Waals surface area contributed by atoms with Crippen LogP contribution in [0.25, 0.3) is 0 Å². The lowest BCUT2D eigenvalue weighted by molar-refractivity contribution is -0.136. The molecule has 3 heteroatoms. The quantitative estimate of drug-likeness (QED) is 0.865. The van der Waals surface area contributed by atoms with Gasteiger partial charge in [-0.1, -0.05) is 44.0 Å². The van der Waals surface area contributed by atoms with Crippen molar-refractivity contribution in [3.8, 4) is 0 Å². The van der Waals surface area contributed by atoms with Crippen LogP contribution in [0.3, 0.4) is 0 Å². The molecule has 1 heterocycles. The summed E-state index contributed by atoms with van der Waals surface area (Å²) >= 11 is 0. The highest BCUT2D eigenvalue weighted by Crippen LogP contribution is 2.22. The standard InChI is InChI=1S/C17H25NO2/c1-2-3-14-8-10-18(11-9-14)13-16-6-4-15(5-7-16)12-17(19)20/h4-7,14H,2-3,8-13H2,1H3,(H,19,20). The van der Waals surface area contributed by atoms with Crippen molar-refractivity contribution in [2.75, 3.05) is 13.1 Å². The monoisotopic (exact) mass is 275 g/mol. The normalized spacial score (nSPS) is 17.2. The van der Waals surface area contributed by atoms with Gasteiger partial charge in [0.1, 0.15) is 0 Å². The van der Waals surface area contributed by atoms with E-state index in [1.54, 1.807) is 0 Å². The van der Waals surface area contributed by atoms with Gasteiger partial charge in [0.15, 0.2) is 0 Å². The smallest absolute Gasteiger partial charge is 0.307 e. The number of nitrogens with zero attached hydrogens (tertiary/aromatic N) is 1. The molecule has 1 aliphatic heterocycles. The Morgan fingerprint density at radius 2 is 1.80 bits per heavy atom. The summed E-state index contributed by atoms with van der Waals surface area (Å²) in [5.74, 6) is 0.157. The Balaban J connectivity index is 1.80. The maximum Gasteiger partial charge on any atom is 0.307 e. The second-order valence-electron chi connectivity index (χ2n) is 5.90. The van der Waals surface area contributed by atoms with Crippen molar-refractivity contribution < 1.29 is 9.90 Å². The molecule has 0 aliphatic carbocycles. The molecule has 1 aliphatic rings. The first-order valence-corrected chi connectivity index (χ1v) is 7.69. The molecule has 1 aromatic carbocycles. The van der Waals surface area contributed by atoms with E-state index in [0.717, 1.165) is 18.0 Å². The molecule has 110 valence electrons. The van der Waals surface area contributed by atoms with Gasteiger partial charge in [-0.3, -0.25) is 9.69 Å².